The number of benzene rings is 1. The van der Waals surface area contributed by atoms with Crippen molar-refractivity contribution in [3.63, 3.8) is 0 Å². The summed E-state index contributed by atoms with van der Waals surface area (Å²) in [5.74, 6) is 1.25. The summed E-state index contributed by atoms with van der Waals surface area (Å²) in [4.78, 5) is 0. The highest BCUT2D eigenvalue weighted by atomic mass is 19.2. The van der Waals surface area contributed by atoms with Crippen molar-refractivity contribution in [3.05, 3.63) is 47.5 Å². The molecule has 0 heterocycles. The highest BCUT2D eigenvalue weighted by Gasteiger charge is 2.30. The first-order chi connectivity index (χ1) is 11.6. The molecule has 2 fully saturated rings. The van der Waals surface area contributed by atoms with Crippen molar-refractivity contribution < 1.29 is 8.78 Å². The minimum atomic E-state index is -0.656. The van der Waals surface area contributed by atoms with Gasteiger partial charge in [-0.1, -0.05) is 31.1 Å². The zero-order valence-electron chi connectivity index (χ0n) is 14.9. The van der Waals surface area contributed by atoms with Crippen LogP contribution in [0.1, 0.15) is 74.8 Å². The summed E-state index contributed by atoms with van der Waals surface area (Å²) < 4.78 is 28.2. The molecule has 0 saturated heterocycles. The summed E-state index contributed by atoms with van der Waals surface area (Å²) in [5, 5.41) is 0. The normalized spacial score (nSPS) is 31.5. The molecule has 2 unspecified atom stereocenters. The molecule has 0 aliphatic heterocycles. The van der Waals surface area contributed by atoms with Crippen LogP contribution >= 0.6 is 0 Å². The molecule has 2 aliphatic carbocycles. The van der Waals surface area contributed by atoms with Crippen LogP contribution < -0.4 is 0 Å². The van der Waals surface area contributed by atoms with Gasteiger partial charge in [0.1, 0.15) is 0 Å². The molecule has 2 atom stereocenters. The Kier molecular flexibility index (Phi) is 5.73. The van der Waals surface area contributed by atoms with Gasteiger partial charge >= 0.3 is 0 Å². The average Bonchev–Trinajstić information content (AvgIpc) is 2.86. The maximum absolute atomic E-state index is 14.3. The van der Waals surface area contributed by atoms with E-state index < -0.39 is 11.6 Å². The van der Waals surface area contributed by atoms with Gasteiger partial charge in [0, 0.05) is 0 Å². The highest BCUT2D eigenvalue weighted by Crippen LogP contribution is 2.43. The van der Waals surface area contributed by atoms with Gasteiger partial charge in [-0.2, -0.15) is 0 Å². The molecule has 0 radical (unpaired) electrons. The molecular weight excluding hydrogens is 302 g/mol. The van der Waals surface area contributed by atoms with E-state index in [-0.39, 0.29) is 5.92 Å². The third-order valence-electron chi connectivity index (χ3n) is 6.58. The van der Waals surface area contributed by atoms with Gasteiger partial charge in [0.15, 0.2) is 11.6 Å². The molecule has 0 nitrogen and oxygen atoms in total. The van der Waals surface area contributed by atoms with E-state index in [2.05, 4.69) is 12.7 Å². The Morgan fingerprint density at radius 2 is 1.54 bits per heavy atom. The number of allylic oxidation sites excluding steroid dienone is 1. The third-order valence-corrected chi connectivity index (χ3v) is 6.58. The topological polar surface area (TPSA) is 0 Å². The number of rotatable bonds is 3. The molecule has 0 bridgehead atoms. The molecule has 3 rings (SSSR count). The Balaban J connectivity index is 1.63. The Bertz CT molecular complexity index is 570. The van der Waals surface area contributed by atoms with Gasteiger partial charge < -0.3 is 0 Å². The minimum absolute atomic E-state index is 0.189. The van der Waals surface area contributed by atoms with E-state index in [0.717, 1.165) is 31.1 Å². The van der Waals surface area contributed by atoms with Crippen molar-refractivity contribution in [2.75, 3.05) is 0 Å². The predicted molar refractivity (Wildman–Crippen MR) is 96.1 cm³/mol. The molecule has 2 saturated carbocycles. The number of hydrogen-bond acceptors (Lipinski definition) is 0. The lowest BCUT2D eigenvalue weighted by atomic mass is 9.73. The summed E-state index contributed by atoms with van der Waals surface area (Å²) in [6.45, 7) is 5.57. The number of halogens is 2. The van der Waals surface area contributed by atoms with Crippen molar-refractivity contribution in [3.8, 4) is 0 Å². The van der Waals surface area contributed by atoms with Crippen molar-refractivity contribution in [2.45, 2.75) is 70.6 Å². The lowest BCUT2D eigenvalue weighted by Crippen LogP contribution is -2.21. The van der Waals surface area contributed by atoms with Gasteiger partial charge in [0.25, 0.3) is 0 Å². The van der Waals surface area contributed by atoms with E-state index in [4.69, 9.17) is 0 Å². The summed E-state index contributed by atoms with van der Waals surface area (Å²) in [5.41, 5.74) is 1.01. The average molecular weight is 332 g/mol. The van der Waals surface area contributed by atoms with Crippen molar-refractivity contribution in [1.82, 2.24) is 0 Å². The smallest absolute Gasteiger partial charge is 0.162 e. The van der Waals surface area contributed by atoms with E-state index in [1.165, 1.54) is 38.5 Å². The number of hydrogen-bond donors (Lipinski definition) is 0. The second-order valence-electron chi connectivity index (χ2n) is 7.98. The fraction of sp³-hybridized carbons (Fsp3) is 0.636. The molecular formula is C22H30F2. The first kappa shape index (κ1) is 17.6. The van der Waals surface area contributed by atoms with E-state index >= 15 is 0 Å². The largest absolute Gasteiger partial charge is 0.203 e. The zero-order valence-corrected chi connectivity index (χ0v) is 14.9. The Labute approximate surface area is 145 Å². The van der Waals surface area contributed by atoms with Gasteiger partial charge in [0.2, 0.25) is 0 Å². The van der Waals surface area contributed by atoms with Gasteiger partial charge in [-0.3, -0.25) is 0 Å². The monoisotopic (exact) mass is 332 g/mol. The molecule has 0 amide bonds. The SMILES string of the molecule is C=CC1CCC(C2CCCC(c3ccc(C)c(F)c3F)CC2)CC1. The Morgan fingerprint density at radius 1 is 0.875 bits per heavy atom. The molecule has 2 aliphatic rings. The van der Waals surface area contributed by atoms with Crippen LogP contribution in [0.25, 0.3) is 0 Å². The lowest BCUT2D eigenvalue weighted by Gasteiger charge is -2.32. The molecule has 24 heavy (non-hydrogen) atoms. The first-order valence-electron chi connectivity index (χ1n) is 9.67. The second-order valence-corrected chi connectivity index (χ2v) is 7.98. The van der Waals surface area contributed by atoms with Crippen LogP contribution in [-0.4, -0.2) is 0 Å². The molecule has 132 valence electrons. The highest BCUT2D eigenvalue weighted by molar-refractivity contribution is 5.28. The summed E-state index contributed by atoms with van der Waals surface area (Å²) in [6, 6.07) is 3.54. The quantitative estimate of drug-likeness (QED) is 0.416. The molecule has 0 N–H and O–H groups in total. The van der Waals surface area contributed by atoms with E-state index in [1.807, 2.05) is 6.07 Å². The molecule has 0 aromatic heterocycles. The van der Waals surface area contributed by atoms with Crippen LogP contribution in [-0.2, 0) is 0 Å². The van der Waals surface area contributed by atoms with Crippen molar-refractivity contribution in [1.29, 1.82) is 0 Å². The first-order valence-corrected chi connectivity index (χ1v) is 9.67. The molecule has 2 heteroatoms. The fourth-order valence-corrected chi connectivity index (χ4v) is 4.94. The van der Waals surface area contributed by atoms with E-state index in [1.54, 1.807) is 13.0 Å². The maximum Gasteiger partial charge on any atom is 0.162 e. The Hall–Kier alpha value is -1.18. The molecule has 0 spiro atoms. The minimum Gasteiger partial charge on any atom is -0.203 e. The number of aryl methyl sites for hydroxylation is 1. The molecule has 1 aromatic carbocycles. The second kappa shape index (κ2) is 7.80. The van der Waals surface area contributed by atoms with Gasteiger partial charge in [0.05, 0.1) is 0 Å². The van der Waals surface area contributed by atoms with Gasteiger partial charge in [-0.15, -0.1) is 6.58 Å². The van der Waals surface area contributed by atoms with E-state index in [0.29, 0.717) is 17.0 Å². The maximum atomic E-state index is 14.3. The van der Waals surface area contributed by atoms with E-state index in [9.17, 15) is 8.78 Å². The third kappa shape index (κ3) is 3.73. The summed E-state index contributed by atoms with van der Waals surface area (Å²) in [6.07, 6.45) is 12.9. The predicted octanol–water partition coefficient (Wildman–Crippen LogP) is 6.93. The van der Waals surface area contributed by atoms with Gasteiger partial charge in [-0.25, -0.2) is 8.78 Å². The summed E-state index contributed by atoms with van der Waals surface area (Å²) >= 11 is 0. The lowest BCUT2D eigenvalue weighted by molar-refractivity contribution is 0.205. The van der Waals surface area contributed by atoms with Crippen LogP contribution in [0, 0.1) is 36.3 Å². The zero-order chi connectivity index (χ0) is 17.1. The fourth-order valence-electron chi connectivity index (χ4n) is 4.94. The van der Waals surface area contributed by atoms with Crippen LogP contribution in [0.3, 0.4) is 0 Å². The van der Waals surface area contributed by atoms with Crippen LogP contribution in [0.4, 0.5) is 8.78 Å². The van der Waals surface area contributed by atoms with Gasteiger partial charge in [-0.05, 0) is 86.7 Å². The molecule has 1 aromatic rings. The summed E-state index contributed by atoms with van der Waals surface area (Å²) in [7, 11) is 0. The van der Waals surface area contributed by atoms with Crippen LogP contribution in [0.2, 0.25) is 0 Å². The van der Waals surface area contributed by atoms with Crippen LogP contribution in [0.15, 0.2) is 24.8 Å². The van der Waals surface area contributed by atoms with Crippen molar-refractivity contribution >= 4 is 0 Å². The van der Waals surface area contributed by atoms with Crippen molar-refractivity contribution in [2.24, 2.45) is 17.8 Å². The van der Waals surface area contributed by atoms with Crippen LogP contribution in [0.5, 0.6) is 0 Å². The Morgan fingerprint density at radius 3 is 2.25 bits per heavy atom. The standard InChI is InChI=1S/C22H30F2/c1-3-16-8-10-18(11-9-16)17-5-4-6-19(13-12-17)20-14-7-15(2)21(23)22(20)24/h3,7,14,16-19H,1,4-6,8-13H2,2H3.